The summed E-state index contributed by atoms with van der Waals surface area (Å²) >= 11 is 0. The summed E-state index contributed by atoms with van der Waals surface area (Å²) in [5.74, 6) is 0. The number of rotatable bonds is 3. The molecule has 2 nitrogen and oxygen atoms in total. The lowest BCUT2D eigenvalue weighted by Crippen LogP contribution is -2.22. The zero-order valence-corrected chi connectivity index (χ0v) is 11.7. The molecule has 1 N–H and O–H groups in total. The zero-order valence-electron chi connectivity index (χ0n) is 11.7. The van der Waals surface area contributed by atoms with Crippen molar-refractivity contribution in [1.29, 1.82) is 0 Å². The van der Waals surface area contributed by atoms with Crippen molar-refractivity contribution in [3.8, 4) is 0 Å². The molecule has 0 fully saturated rings. The van der Waals surface area contributed by atoms with Gasteiger partial charge in [0, 0.05) is 17.6 Å². The van der Waals surface area contributed by atoms with E-state index in [0.29, 0.717) is 11.5 Å². The van der Waals surface area contributed by atoms with Gasteiger partial charge in [-0.2, -0.15) is 0 Å². The molecule has 1 aromatic carbocycles. The molecule has 0 radical (unpaired) electrons. The lowest BCUT2D eigenvalue weighted by Gasteiger charge is -2.26. The molecule has 1 heterocycles. The number of hydrogen-bond donors (Lipinski definition) is 1. The Balaban J connectivity index is 2.45. The number of hydrogen-bond acceptors (Lipinski definition) is 2. The fraction of sp³-hybridized carbons (Fsp3) is 0.438. The Kier molecular flexibility index (Phi) is 3.67. The van der Waals surface area contributed by atoms with E-state index in [0.717, 1.165) is 11.9 Å². The minimum Gasteiger partial charge on any atom is -0.313 e. The Hall–Kier alpha value is -1.41. The van der Waals surface area contributed by atoms with Crippen molar-refractivity contribution in [2.24, 2.45) is 5.41 Å². The molecule has 0 aliphatic carbocycles. The summed E-state index contributed by atoms with van der Waals surface area (Å²) in [5.41, 5.74) is 2.72. The van der Waals surface area contributed by atoms with Gasteiger partial charge >= 0.3 is 0 Å². The normalized spacial score (nSPS) is 13.8. The fourth-order valence-electron chi connectivity index (χ4n) is 2.41. The van der Waals surface area contributed by atoms with Gasteiger partial charge in [-0.05, 0) is 36.6 Å². The Morgan fingerprint density at radius 3 is 2.61 bits per heavy atom. The molecular weight excluding hydrogens is 220 g/mol. The summed E-state index contributed by atoms with van der Waals surface area (Å²) in [5, 5.41) is 4.69. The van der Waals surface area contributed by atoms with Crippen molar-refractivity contribution in [2.75, 3.05) is 7.05 Å². The van der Waals surface area contributed by atoms with Crippen LogP contribution in [-0.4, -0.2) is 12.0 Å². The molecule has 2 aromatic rings. The van der Waals surface area contributed by atoms with Crippen molar-refractivity contribution in [3.05, 3.63) is 42.1 Å². The number of nitrogens with one attached hydrogen (secondary N) is 1. The van der Waals surface area contributed by atoms with Crippen LogP contribution < -0.4 is 5.32 Å². The number of benzene rings is 1. The predicted octanol–water partition coefficient (Wildman–Crippen LogP) is 3.93. The molecule has 0 saturated heterocycles. The average molecular weight is 242 g/mol. The van der Waals surface area contributed by atoms with Crippen molar-refractivity contribution >= 4 is 10.9 Å². The SMILES string of the molecule is CNC(CC(C)(C)C)c1cccc2ncccc12. The maximum absolute atomic E-state index is 4.43. The molecule has 2 heteroatoms. The van der Waals surface area contributed by atoms with Gasteiger partial charge in [0.25, 0.3) is 0 Å². The molecule has 0 amide bonds. The molecule has 0 bridgehead atoms. The third kappa shape index (κ3) is 2.88. The first-order chi connectivity index (χ1) is 8.51. The van der Waals surface area contributed by atoms with E-state index in [1.54, 1.807) is 0 Å². The van der Waals surface area contributed by atoms with Gasteiger partial charge in [0.2, 0.25) is 0 Å². The summed E-state index contributed by atoms with van der Waals surface area (Å²) < 4.78 is 0. The van der Waals surface area contributed by atoms with Crippen LogP contribution in [0.3, 0.4) is 0 Å². The molecule has 2 rings (SSSR count). The van der Waals surface area contributed by atoms with E-state index in [-0.39, 0.29) is 0 Å². The number of aromatic nitrogens is 1. The topological polar surface area (TPSA) is 24.9 Å². The van der Waals surface area contributed by atoms with E-state index in [9.17, 15) is 0 Å². The van der Waals surface area contributed by atoms with Crippen LogP contribution in [-0.2, 0) is 0 Å². The third-order valence-electron chi connectivity index (χ3n) is 3.22. The maximum Gasteiger partial charge on any atom is 0.0705 e. The Morgan fingerprint density at radius 2 is 1.94 bits per heavy atom. The van der Waals surface area contributed by atoms with Gasteiger partial charge in [0.05, 0.1) is 5.52 Å². The van der Waals surface area contributed by atoms with Gasteiger partial charge in [0.15, 0.2) is 0 Å². The van der Waals surface area contributed by atoms with Crippen LogP contribution in [0.5, 0.6) is 0 Å². The van der Waals surface area contributed by atoms with Crippen molar-refractivity contribution in [3.63, 3.8) is 0 Å². The second-order valence-electron chi connectivity index (χ2n) is 6.02. The van der Waals surface area contributed by atoms with E-state index < -0.39 is 0 Å². The van der Waals surface area contributed by atoms with E-state index in [1.807, 2.05) is 19.3 Å². The largest absolute Gasteiger partial charge is 0.313 e. The number of nitrogens with zero attached hydrogens (tertiary/aromatic N) is 1. The Morgan fingerprint density at radius 1 is 1.17 bits per heavy atom. The van der Waals surface area contributed by atoms with Gasteiger partial charge in [-0.25, -0.2) is 0 Å². The molecule has 1 aromatic heterocycles. The first kappa shape index (κ1) is 13.0. The molecule has 1 unspecified atom stereocenters. The Labute approximate surface area is 109 Å². The zero-order chi connectivity index (χ0) is 13.2. The van der Waals surface area contributed by atoms with Crippen LogP contribution in [0.2, 0.25) is 0 Å². The van der Waals surface area contributed by atoms with Crippen molar-refractivity contribution in [2.45, 2.75) is 33.2 Å². The number of fused-ring (bicyclic) bond motifs is 1. The van der Waals surface area contributed by atoms with E-state index in [4.69, 9.17) is 0 Å². The van der Waals surface area contributed by atoms with Gasteiger partial charge < -0.3 is 5.32 Å². The number of pyridine rings is 1. The predicted molar refractivity (Wildman–Crippen MR) is 77.6 cm³/mol. The van der Waals surface area contributed by atoms with Gasteiger partial charge in [0.1, 0.15) is 0 Å². The van der Waals surface area contributed by atoms with Gasteiger partial charge in [-0.3, -0.25) is 4.98 Å². The minimum atomic E-state index is 0.304. The molecule has 0 aliphatic rings. The van der Waals surface area contributed by atoms with Crippen LogP contribution in [0.15, 0.2) is 36.5 Å². The summed E-state index contributed by atoms with van der Waals surface area (Å²) in [6.07, 6.45) is 2.96. The Bertz CT molecular complexity index is 521. The van der Waals surface area contributed by atoms with E-state index in [1.165, 1.54) is 10.9 Å². The van der Waals surface area contributed by atoms with Crippen molar-refractivity contribution < 1.29 is 0 Å². The van der Waals surface area contributed by atoms with Gasteiger partial charge in [-0.15, -0.1) is 0 Å². The highest BCUT2D eigenvalue weighted by atomic mass is 14.9. The summed E-state index contributed by atoms with van der Waals surface area (Å²) in [4.78, 5) is 4.43. The van der Waals surface area contributed by atoms with Crippen LogP contribution in [0.1, 0.15) is 38.8 Å². The summed E-state index contributed by atoms with van der Waals surface area (Å²) in [6.45, 7) is 6.84. The highest BCUT2D eigenvalue weighted by molar-refractivity contribution is 5.82. The van der Waals surface area contributed by atoms with Crippen LogP contribution in [0, 0.1) is 5.41 Å². The molecule has 0 saturated carbocycles. The maximum atomic E-state index is 4.43. The van der Waals surface area contributed by atoms with Crippen LogP contribution >= 0.6 is 0 Å². The fourth-order valence-corrected chi connectivity index (χ4v) is 2.41. The second-order valence-corrected chi connectivity index (χ2v) is 6.02. The highest BCUT2D eigenvalue weighted by Gasteiger charge is 2.20. The molecule has 18 heavy (non-hydrogen) atoms. The first-order valence-electron chi connectivity index (χ1n) is 6.52. The first-order valence-corrected chi connectivity index (χ1v) is 6.52. The van der Waals surface area contributed by atoms with E-state index in [2.05, 4.69) is 55.3 Å². The summed E-state index contributed by atoms with van der Waals surface area (Å²) in [6, 6.07) is 10.9. The monoisotopic (exact) mass is 242 g/mol. The molecule has 1 atom stereocenters. The molecular formula is C16H22N2. The summed E-state index contributed by atoms with van der Waals surface area (Å²) in [7, 11) is 2.03. The quantitative estimate of drug-likeness (QED) is 0.882. The average Bonchev–Trinajstić information content (AvgIpc) is 2.34. The van der Waals surface area contributed by atoms with E-state index >= 15 is 0 Å². The van der Waals surface area contributed by atoms with Gasteiger partial charge in [-0.1, -0.05) is 39.0 Å². The standard InChI is InChI=1S/C16H22N2/c1-16(2,3)11-15(17-4)13-7-5-9-14-12(13)8-6-10-18-14/h5-10,15,17H,11H2,1-4H3. The minimum absolute atomic E-state index is 0.304. The smallest absolute Gasteiger partial charge is 0.0705 e. The second kappa shape index (κ2) is 5.07. The molecule has 0 spiro atoms. The lowest BCUT2D eigenvalue weighted by molar-refractivity contribution is 0.322. The van der Waals surface area contributed by atoms with Crippen molar-refractivity contribution in [1.82, 2.24) is 10.3 Å². The lowest BCUT2D eigenvalue weighted by atomic mass is 9.84. The molecule has 0 aliphatic heterocycles. The van der Waals surface area contributed by atoms with Crippen LogP contribution in [0.4, 0.5) is 0 Å². The third-order valence-corrected chi connectivity index (χ3v) is 3.22. The van der Waals surface area contributed by atoms with Crippen LogP contribution in [0.25, 0.3) is 10.9 Å². The highest BCUT2D eigenvalue weighted by Crippen LogP contribution is 2.32. The molecule has 96 valence electrons.